The smallest absolute Gasteiger partial charge is 0.420 e. The van der Waals surface area contributed by atoms with E-state index in [1.807, 2.05) is 0 Å². The molecule has 15 heteroatoms. The molecule has 0 saturated heterocycles. The van der Waals surface area contributed by atoms with Crippen LogP contribution in [-0.2, 0) is 12.4 Å². The lowest BCUT2D eigenvalue weighted by molar-refractivity contribution is -0.384. The van der Waals surface area contributed by atoms with Crippen LogP contribution in [0, 0.1) is 20.2 Å². The number of nitrogens with two attached hydrogens (primary N) is 2. The van der Waals surface area contributed by atoms with Crippen LogP contribution in [0.1, 0.15) is 11.1 Å². The van der Waals surface area contributed by atoms with Gasteiger partial charge in [0.05, 0.1) is 9.85 Å². The van der Waals surface area contributed by atoms with Crippen molar-refractivity contribution in [3.8, 4) is 11.5 Å². The van der Waals surface area contributed by atoms with Crippen molar-refractivity contribution in [1.29, 1.82) is 0 Å². The zero-order chi connectivity index (χ0) is 22.3. The SMILES string of the molecule is Nc1cc(Oc2cc(N)c([N+](=O)[O-])cc2C(F)(F)F)c(C(F)(F)F)cc1[N+](=O)[O-]. The highest BCUT2D eigenvalue weighted by atomic mass is 19.4. The third-order valence-electron chi connectivity index (χ3n) is 3.48. The molecular formula is C14H8F6N4O5. The molecule has 2 aromatic carbocycles. The molecule has 2 aromatic rings. The quantitative estimate of drug-likeness (QED) is 0.317. The third-order valence-corrected chi connectivity index (χ3v) is 3.48. The van der Waals surface area contributed by atoms with Crippen LogP contribution < -0.4 is 16.2 Å². The van der Waals surface area contributed by atoms with Crippen LogP contribution in [-0.4, -0.2) is 9.85 Å². The van der Waals surface area contributed by atoms with E-state index in [0.717, 1.165) is 0 Å². The number of ether oxygens (including phenoxy) is 1. The molecule has 0 amide bonds. The van der Waals surface area contributed by atoms with E-state index < -0.39 is 67.6 Å². The summed E-state index contributed by atoms with van der Waals surface area (Å²) in [6, 6.07) is 0.622. The number of nitro benzene ring substituents is 2. The topological polar surface area (TPSA) is 148 Å². The molecule has 0 heterocycles. The van der Waals surface area contributed by atoms with E-state index in [1.165, 1.54) is 0 Å². The van der Waals surface area contributed by atoms with Crippen LogP contribution in [0.4, 0.5) is 49.1 Å². The van der Waals surface area contributed by atoms with Crippen LogP contribution in [0.25, 0.3) is 0 Å². The molecule has 0 saturated carbocycles. The maximum atomic E-state index is 13.2. The highest BCUT2D eigenvalue weighted by Crippen LogP contribution is 2.46. The lowest BCUT2D eigenvalue weighted by Crippen LogP contribution is -2.12. The first-order chi connectivity index (χ1) is 13.1. The van der Waals surface area contributed by atoms with E-state index in [9.17, 15) is 46.6 Å². The Bertz CT molecular complexity index is 926. The minimum atomic E-state index is -5.27. The molecule has 0 radical (unpaired) electrons. The highest BCUT2D eigenvalue weighted by molar-refractivity contribution is 5.67. The number of benzene rings is 2. The van der Waals surface area contributed by atoms with Gasteiger partial charge in [-0.25, -0.2) is 0 Å². The van der Waals surface area contributed by atoms with Crippen LogP contribution in [0.5, 0.6) is 11.5 Å². The number of nitrogen functional groups attached to an aromatic ring is 2. The van der Waals surface area contributed by atoms with E-state index >= 15 is 0 Å². The molecule has 0 bridgehead atoms. The summed E-state index contributed by atoms with van der Waals surface area (Å²) in [5, 5.41) is 21.6. The van der Waals surface area contributed by atoms with Gasteiger partial charge in [-0.15, -0.1) is 0 Å². The van der Waals surface area contributed by atoms with Gasteiger partial charge in [-0.1, -0.05) is 0 Å². The summed E-state index contributed by atoms with van der Waals surface area (Å²) < 4.78 is 84.1. The molecule has 29 heavy (non-hydrogen) atoms. The standard InChI is InChI=1S/C14H8F6N4O5/c15-13(16,17)5-1-9(23(25)26)7(21)3-11(5)29-12-4-8(22)10(24(27)28)2-6(12)14(18,19)20/h1-4H,21-22H2. The average molecular weight is 426 g/mol. The minimum absolute atomic E-state index is 0.00727. The van der Waals surface area contributed by atoms with Gasteiger partial charge in [0.15, 0.2) is 0 Å². The fraction of sp³-hybridized carbons (Fsp3) is 0.143. The normalized spacial score (nSPS) is 11.9. The van der Waals surface area contributed by atoms with Gasteiger partial charge in [-0.3, -0.25) is 20.2 Å². The molecule has 0 aromatic heterocycles. The summed E-state index contributed by atoms with van der Waals surface area (Å²) in [6.07, 6.45) is -10.5. The van der Waals surface area contributed by atoms with Crippen LogP contribution in [0.15, 0.2) is 24.3 Å². The Morgan fingerprint density at radius 2 is 1.03 bits per heavy atom. The van der Waals surface area contributed by atoms with Crippen LogP contribution in [0.2, 0.25) is 0 Å². The first-order valence-corrected chi connectivity index (χ1v) is 7.11. The van der Waals surface area contributed by atoms with Gasteiger partial charge in [0.25, 0.3) is 11.4 Å². The lowest BCUT2D eigenvalue weighted by Gasteiger charge is -2.18. The van der Waals surface area contributed by atoms with Gasteiger partial charge in [-0.2, -0.15) is 26.3 Å². The second-order valence-electron chi connectivity index (χ2n) is 5.43. The second kappa shape index (κ2) is 6.99. The molecule has 0 aliphatic rings. The van der Waals surface area contributed by atoms with Gasteiger partial charge in [0.2, 0.25) is 0 Å². The monoisotopic (exact) mass is 426 g/mol. The molecule has 156 valence electrons. The molecule has 0 aliphatic heterocycles. The van der Waals surface area contributed by atoms with Gasteiger partial charge in [0.1, 0.15) is 34.0 Å². The van der Waals surface area contributed by atoms with Crippen molar-refractivity contribution in [1.82, 2.24) is 0 Å². The predicted octanol–water partition coefficient (Wildman–Crippen LogP) is 4.50. The second-order valence-corrected chi connectivity index (χ2v) is 5.43. The summed E-state index contributed by atoms with van der Waals surface area (Å²) in [5.74, 6) is -2.58. The van der Waals surface area contributed by atoms with Crippen molar-refractivity contribution in [2.45, 2.75) is 12.4 Å². The highest BCUT2D eigenvalue weighted by Gasteiger charge is 2.40. The van der Waals surface area contributed by atoms with E-state index in [2.05, 4.69) is 4.74 Å². The molecule has 9 nitrogen and oxygen atoms in total. The number of alkyl halides is 6. The zero-order valence-electron chi connectivity index (χ0n) is 13.7. The number of nitrogens with zero attached hydrogens (tertiary/aromatic N) is 2. The summed E-state index contributed by atoms with van der Waals surface area (Å²) in [5.41, 5.74) is 3.05. The molecule has 0 atom stereocenters. The predicted molar refractivity (Wildman–Crippen MR) is 85.1 cm³/mol. The molecule has 0 aliphatic carbocycles. The number of rotatable bonds is 4. The molecule has 4 N–H and O–H groups in total. The van der Waals surface area contributed by atoms with Crippen molar-refractivity contribution >= 4 is 22.7 Å². The van der Waals surface area contributed by atoms with Gasteiger partial charge in [-0.05, 0) is 0 Å². The summed E-state index contributed by atoms with van der Waals surface area (Å²) in [6.45, 7) is 0. The van der Waals surface area contributed by atoms with Gasteiger partial charge >= 0.3 is 12.4 Å². The Morgan fingerprint density at radius 1 is 0.724 bits per heavy atom. The fourth-order valence-electron chi connectivity index (χ4n) is 2.21. The molecular weight excluding hydrogens is 418 g/mol. The van der Waals surface area contributed by atoms with E-state index in [0.29, 0.717) is 12.1 Å². The van der Waals surface area contributed by atoms with E-state index in [1.54, 1.807) is 0 Å². The zero-order valence-corrected chi connectivity index (χ0v) is 13.7. The van der Waals surface area contributed by atoms with Crippen LogP contribution >= 0.6 is 0 Å². The number of anilines is 2. The Balaban J connectivity index is 2.74. The van der Waals surface area contributed by atoms with E-state index in [4.69, 9.17) is 11.5 Å². The Hall–Kier alpha value is -3.78. The first kappa shape index (κ1) is 21.5. The van der Waals surface area contributed by atoms with Crippen molar-refractivity contribution in [2.75, 3.05) is 11.5 Å². The maximum absolute atomic E-state index is 13.2. The number of hydrogen-bond acceptors (Lipinski definition) is 7. The Kier molecular flexibility index (Phi) is 5.19. The summed E-state index contributed by atoms with van der Waals surface area (Å²) >= 11 is 0. The maximum Gasteiger partial charge on any atom is 0.420 e. The van der Waals surface area contributed by atoms with Crippen molar-refractivity contribution < 1.29 is 40.9 Å². The average Bonchev–Trinajstić information content (AvgIpc) is 2.51. The van der Waals surface area contributed by atoms with Gasteiger partial charge in [0, 0.05) is 24.3 Å². The Morgan fingerprint density at radius 3 is 1.28 bits per heavy atom. The van der Waals surface area contributed by atoms with Crippen molar-refractivity contribution in [3.05, 3.63) is 55.6 Å². The van der Waals surface area contributed by atoms with E-state index in [-0.39, 0.29) is 12.1 Å². The molecule has 0 unspecified atom stereocenters. The summed E-state index contributed by atoms with van der Waals surface area (Å²) in [4.78, 5) is 19.1. The number of hydrogen-bond donors (Lipinski definition) is 2. The van der Waals surface area contributed by atoms with Crippen molar-refractivity contribution in [2.24, 2.45) is 0 Å². The molecule has 2 rings (SSSR count). The number of halogens is 6. The Labute approximate surface area is 155 Å². The van der Waals surface area contributed by atoms with Gasteiger partial charge < -0.3 is 16.2 Å². The van der Waals surface area contributed by atoms with Crippen molar-refractivity contribution in [3.63, 3.8) is 0 Å². The lowest BCUT2D eigenvalue weighted by atomic mass is 10.1. The fourth-order valence-corrected chi connectivity index (χ4v) is 2.21. The first-order valence-electron chi connectivity index (χ1n) is 7.11. The third kappa shape index (κ3) is 4.39. The molecule has 0 fully saturated rings. The minimum Gasteiger partial charge on any atom is -0.456 e. The summed E-state index contributed by atoms with van der Waals surface area (Å²) in [7, 11) is 0. The molecule has 0 spiro atoms. The number of nitro groups is 2. The van der Waals surface area contributed by atoms with Crippen LogP contribution in [0.3, 0.4) is 0 Å². The largest absolute Gasteiger partial charge is 0.456 e.